The maximum Gasteiger partial charge on any atom is 0.327 e. The number of hydrogen-bond acceptors (Lipinski definition) is 3. The van der Waals surface area contributed by atoms with Gasteiger partial charge in [-0.15, -0.1) is 0 Å². The molecular formula is C7H10BrF2NO3S. The summed E-state index contributed by atoms with van der Waals surface area (Å²) in [7, 11) is 0. The van der Waals surface area contributed by atoms with Crippen molar-refractivity contribution in [3.8, 4) is 0 Å². The summed E-state index contributed by atoms with van der Waals surface area (Å²) in [5, 5.41) is 7.08. The van der Waals surface area contributed by atoms with Crippen LogP contribution in [-0.2, 0) is 9.59 Å². The standard InChI is InChI=1S/C7H10BrF2NO3S/c1-4(12)11-5(6(13)14)2-15-7(9,10)3-8/h5H,2-3H2,1H3,(H,11,12)(H,13,14)/t5-/m0/s1. The van der Waals surface area contributed by atoms with Crippen LogP contribution >= 0.6 is 27.7 Å². The highest BCUT2D eigenvalue weighted by Gasteiger charge is 2.31. The first-order chi connectivity index (χ1) is 6.78. The fourth-order valence-electron chi connectivity index (χ4n) is 0.664. The average molecular weight is 306 g/mol. The van der Waals surface area contributed by atoms with Crippen LogP contribution in [0.1, 0.15) is 6.92 Å². The molecule has 0 rings (SSSR count). The number of carboxylic acid groups (broad SMARTS) is 1. The summed E-state index contributed by atoms with van der Waals surface area (Å²) < 4.78 is 25.4. The number of alkyl halides is 3. The molecule has 0 unspecified atom stereocenters. The van der Waals surface area contributed by atoms with Gasteiger partial charge in [-0.2, -0.15) is 8.78 Å². The van der Waals surface area contributed by atoms with E-state index in [1.165, 1.54) is 0 Å². The highest BCUT2D eigenvalue weighted by atomic mass is 79.9. The van der Waals surface area contributed by atoms with Gasteiger partial charge in [0.15, 0.2) is 0 Å². The van der Waals surface area contributed by atoms with Gasteiger partial charge >= 0.3 is 11.2 Å². The summed E-state index contributed by atoms with van der Waals surface area (Å²) in [5.74, 6) is -2.28. The van der Waals surface area contributed by atoms with Gasteiger partial charge in [0.1, 0.15) is 6.04 Å². The van der Waals surface area contributed by atoms with Crippen LogP contribution in [0.25, 0.3) is 0 Å². The summed E-state index contributed by atoms with van der Waals surface area (Å²) in [6.45, 7) is 1.13. The molecule has 0 saturated carbocycles. The van der Waals surface area contributed by atoms with Gasteiger partial charge in [0.05, 0.1) is 5.33 Å². The van der Waals surface area contributed by atoms with E-state index in [4.69, 9.17) is 5.11 Å². The molecule has 0 radical (unpaired) electrons. The lowest BCUT2D eigenvalue weighted by Gasteiger charge is -2.16. The molecule has 0 aromatic carbocycles. The van der Waals surface area contributed by atoms with Gasteiger partial charge in [-0.1, -0.05) is 27.7 Å². The van der Waals surface area contributed by atoms with Crippen molar-refractivity contribution in [1.29, 1.82) is 0 Å². The molecule has 4 nitrogen and oxygen atoms in total. The molecule has 8 heteroatoms. The zero-order chi connectivity index (χ0) is 12.1. The SMILES string of the molecule is CC(=O)N[C@@H](CSC(F)(F)CBr)C(=O)O. The molecular weight excluding hydrogens is 296 g/mol. The van der Waals surface area contributed by atoms with Gasteiger partial charge < -0.3 is 10.4 Å². The van der Waals surface area contributed by atoms with Crippen LogP contribution in [0.5, 0.6) is 0 Å². The van der Waals surface area contributed by atoms with Crippen molar-refractivity contribution < 1.29 is 23.5 Å². The van der Waals surface area contributed by atoms with Crippen LogP contribution in [0.4, 0.5) is 8.78 Å². The Kier molecular flexibility index (Phi) is 6.11. The number of carboxylic acids is 1. The summed E-state index contributed by atoms with van der Waals surface area (Å²) in [6, 6.07) is -1.29. The number of rotatable bonds is 6. The Hall–Kier alpha value is -0.370. The predicted molar refractivity (Wildman–Crippen MR) is 56.4 cm³/mol. The van der Waals surface area contributed by atoms with E-state index in [1.54, 1.807) is 0 Å². The molecule has 0 spiro atoms. The van der Waals surface area contributed by atoms with E-state index in [0.717, 1.165) is 6.92 Å². The molecule has 0 aromatic heterocycles. The molecule has 0 heterocycles. The molecule has 88 valence electrons. The van der Waals surface area contributed by atoms with E-state index < -0.39 is 28.5 Å². The van der Waals surface area contributed by atoms with E-state index in [0.29, 0.717) is 0 Å². The third-order valence-corrected chi connectivity index (χ3v) is 3.43. The minimum absolute atomic E-state index is 0.181. The number of carbonyl (C=O) groups is 2. The van der Waals surface area contributed by atoms with Gasteiger partial charge in [0.25, 0.3) is 0 Å². The van der Waals surface area contributed by atoms with Crippen molar-refractivity contribution in [2.24, 2.45) is 0 Å². The Labute approximate surface area is 97.9 Å². The first kappa shape index (κ1) is 14.6. The normalized spacial score (nSPS) is 13.3. The second-order valence-electron chi connectivity index (χ2n) is 2.67. The van der Waals surface area contributed by atoms with Crippen molar-refractivity contribution in [1.82, 2.24) is 5.32 Å². The number of aliphatic carboxylic acids is 1. The molecule has 15 heavy (non-hydrogen) atoms. The lowest BCUT2D eigenvalue weighted by atomic mass is 10.3. The van der Waals surface area contributed by atoms with Gasteiger partial charge in [-0.25, -0.2) is 4.79 Å². The van der Waals surface area contributed by atoms with E-state index in [-0.39, 0.29) is 17.5 Å². The molecule has 0 aliphatic heterocycles. The summed E-state index contributed by atoms with van der Waals surface area (Å²) >= 11 is 2.78. The Bertz CT molecular complexity index is 252. The summed E-state index contributed by atoms with van der Waals surface area (Å²) in [4.78, 5) is 21.1. The van der Waals surface area contributed by atoms with Crippen LogP contribution < -0.4 is 5.32 Å². The van der Waals surface area contributed by atoms with Crippen molar-refractivity contribution in [2.45, 2.75) is 18.2 Å². The van der Waals surface area contributed by atoms with Crippen LogP contribution in [-0.4, -0.2) is 39.4 Å². The van der Waals surface area contributed by atoms with E-state index >= 15 is 0 Å². The van der Waals surface area contributed by atoms with Gasteiger partial charge in [0, 0.05) is 12.7 Å². The van der Waals surface area contributed by atoms with Gasteiger partial charge in [-0.3, -0.25) is 4.79 Å². The van der Waals surface area contributed by atoms with Crippen molar-refractivity contribution in [3.05, 3.63) is 0 Å². The Balaban J connectivity index is 4.19. The third kappa shape index (κ3) is 6.67. The van der Waals surface area contributed by atoms with Crippen LogP contribution in [0.15, 0.2) is 0 Å². The second-order valence-corrected chi connectivity index (χ2v) is 4.45. The number of nitrogens with one attached hydrogen (secondary N) is 1. The van der Waals surface area contributed by atoms with Crippen LogP contribution in [0.2, 0.25) is 0 Å². The number of hydrogen-bond donors (Lipinski definition) is 2. The first-order valence-electron chi connectivity index (χ1n) is 3.86. The first-order valence-corrected chi connectivity index (χ1v) is 5.97. The molecule has 0 aliphatic rings. The third-order valence-electron chi connectivity index (χ3n) is 1.29. The molecule has 0 aromatic rings. The Morgan fingerprint density at radius 3 is 2.47 bits per heavy atom. The summed E-state index contributed by atoms with van der Waals surface area (Å²) in [6.07, 6.45) is 0. The number of halogens is 3. The molecule has 0 aliphatic carbocycles. The average Bonchev–Trinajstić information content (AvgIpc) is 2.11. The molecule has 1 atom stereocenters. The predicted octanol–water partition coefficient (Wildman–Crippen LogP) is 1.30. The van der Waals surface area contributed by atoms with E-state index in [9.17, 15) is 18.4 Å². The fourth-order valence-corrected chi connectivity index (χ4v) is 1.86. The highest BCUT2D eigenvalue weighted by Crippen LogP contribution is 2.31. The molecule has 0 bridgehead atoms. The number of thioether (sulfide) groups is 1. The quantitative estimate of drug-likeness (QED) is 0.726. The molecule has 2 N–H and O–H groups in total. The topological polar surface area (TPSA) is 66.4 Å². The molecule has 1 amide bonds. The maximum atomic E-state index is 12.7. The van der Waals surface area contributed by atoms with Crippen LogP contribution in [0.3, 0.4) is 0 Å². The second kappa shape index (κ2) is 6.26. The Morgan fingerprint density at radius 2 is 2.13 bits per heavy atom. The number of carbonyl (C=O) groups excluding carboxylic acids is 1. The zero-order valence-electron chi connectivity index (χ0n) is 7.80. The lowest BCUT2D eigenvalue weighted by molar-refractivity contribution is -0.140. The van der Waals surface area contributed by atoms with Gasteiger partial charge in [-0.05, 0) is 0 Å². The van der Waals surface area contributed by atoms with E-state index in [2.05, 4.69) is 21.2 Å². The number of amides is 1. The maximum absolute atomic E-state index is 12.7. The minimum Gasteiger partial charge on any atom is -0.480 e. The molecule has 0 fully saturated rings. The highest BCUT2D eigenvalue weighted by molar-refractivity contribution is 9.09. The fraction of sp³-hybridized carbons (Fsp3) is 0.714. The van der Waals surface area contributed by atoms with E-state index in [1.807, 2.05) is 0 Å². The lowest BCUT2D eigenvalue weighted by Crippen LogP contribution is -2.42. The zero-order valence-corrected chi connectivity index (χ0v) is 10.2. The van der Waals surface area contributed by atoms with Crippen molar-refractivity contribution in [2.75, 3.05) is 11.1 Å². The Morgan fingerprint density at radius 1 is 1.60 bits per heavy atom. The summed E-state index contributed by atoms with van der Waals surface area (Å²) in [5.41, 5.74) is 0. The van der Waals surface area contributed by atoms with Crippen molar-refractivity contribution in [3.63, 3.8) is 0 Å². The minimum atomic E-state index is -3.04. The van der Waals surface area contributed by atoms with Crippen molar-refractivity contribution >= 4 is 39.6 Å². The largest absolute Gasteiger partial charge is 0.480 e. The smallest absolute Gasteiger partial charge is 0.327 e. The molecule has 0 saturated heterocycles. The van der Waals surface area contributed by atoms with Gasteiger partial charge in [0.2, 0.25) is 5.91 Å². The monoisotopic (exact) mass is 305 g/mol. The van der Waals surface area contributed by atoms with Crippen LogP contribution in [0, 0.1) is 0 Å².